The van der Waals surface area contributed by atoms with Crippen molar-refractivity contribution in [2.75, 3.05) is 0 Å². The molecule has 0 radical (unpaired) electrons. The molecule has 0 aromatic rings. The third-order valence-electron chi connectivity index (χ3n) is 2.91. The van der Waals surface area contributed by atoms with Crippen LogP contribution in [0.3, 0.4) is 0 Å². The van der Waals surface area contributed by atoms with E-state index >= 15 is 0 Å². The van der Waals surface area contributed by atoms with Crippen molar-refractivity contribution in [3.8, 4) is 0 Å². The SMILES string of the molecule is [Br-].[CH2-]CC[C@@H](C)O[Si](C)(C)C(C)(C)C.[Mg+2]. The summed E-state index contributed by atoms with van der Waals surface area (Å²) in [6.45, 7) is 17.4. The topological polar surface area (TPSA) is 9.23 Å². The first-order valence-electron chi connectivity index (χ1n) is 5.18. The van der Waals surface area contributed by atoms with Crippen molar-refractivity contribution in [3.63, 3.8) is 0 Å². The summed E-state index contributed by atoms with van der Waals surface area (Å²) in [6.07, 6.45) is 2.42. The van der Waals surface area contributed by atoms with E-state index in [-0.39, 0.29) is 40.0 Å². The smallest absolute Gasteiger partial charge is 1.00 e. The van der Waals surface area contributed by atoms with E-state index in [2.05, 4.69) is 47.7 Å². The molecule has 0 amide bonds. The van der Waals surface area contributed by atoms with Gasteiger partial charge < -0.3 is 28.3 Å². The van der Waals surface area contributed by atoms with Gasteiger partial charge in [-0.2, -0.15) is 6.42 Å². The molecule has 0 unspecified atom stereocenters. The zero-order valence-electron chi connectivity index (χ0n) is 11.2. The van der Waals surface area contributed by atoms with Crippen LogP contribution >= 0.6 is 0 Å². The maximum absolute atomic E-state index is 6.14. The van der Waals surface area contributed by atoms with Gasteiger partial charge in [-0.3, -0.25) is 0 Å². The molecule has 0 aromatic heterocycles. The molecular formula is C11H25BrMgOSi. The summed E-state index contributed by atoms with van der Waals surface area (Å²) in [7, 11) is -1.53. The molecular weight excluding hydrogens is 280 g/mol. The van der Waals surface area contributed by atoms with E-state index in [1.165, 1.54) is 0 Å². The second kappa shape index (κ2) is 8.50. The van der Waals surface area contributed by atoms with Crippen molar-refractivity contribution in [3.05, 3.63) is 6.92 Å². The molecule has 0 heterocycles. The van der Waals surface area contributed by atoms with Crippen molar-refractivity contribution >= 4 is 31.4 Å². The standard InChI is InChI=1S/C11H25OSi.BrH.Mg/c1-8-9-10(2)12-13(6,7)11(3,4)5;;/h10H,1,8-9H2,2-7H3;1H;/q-1;;+2/p-1/t10-;;/m1../s1. The Hall–Kier alpha value is 1.42. The zero-order chi connectivity index (χ0) is 10.7. The second-order valence-corrected chi connectivity index (χ2v) is 10.1. The van der Waals surface area contributed by atoms with Crippen molar-refractivity contribution in [2.45, 2.75) is 64.8 Å². The van der Waals surface area contributed by atoms with Crippen LogP contribution in [0.4, 0.5) is 0 Å². The average Bonchev–Trinajstić information content (AvgIpc) is 1.83. The Morgan fingerprint density at radius 2 is 1.67 bits per heavy atom. The van der Waals surface area contributed by atoms with Gasteiger partial charge in [-0.1, -0.05) is 27.2 Å². The minimum Gasteiger partial charge on any atom is -1.00 e. The van der Waals surface area contributed by atoms with Gasteiger partial charge in [0.25, 0.3) is 0 Å². The molecule has 1 nitrogen and oxygen atoms in total. The predicted molar refractivity (Wildman–Crippen MR) is 68.1 cm³/mol. The number of halogens is 1. The second-order valence-electron chi connectivity index (χ2n) is 5.33. The summed E-state index contributed by atoms with van der Waals surface area (Å²) in [4.78, 5) is 0. The predicted octanol–water partition coefficient (Wildman–Crippen LogP) is 0.634. The van der Waals surface area contributed by atoms with Crippen molar-refractivity contribution in [1.29, 1.82) is 0 Å². The summed E-state index contributed by atoms with van der Waals surface area (Å²) in [5, 5.41) is 0.322. The van der Waals surface area contributed by atoms with Crippen molar-refractivity contribution < 1.29 is 21.4 Å². The summed E-state index contributed by atoms with van der Waals surface area (Å²) in [5.41, 5.74) is 0. The Labute approximate surface area is 124 Å². The maximum Gasteiger partial charge on any atom is 2.00 e. The van der Waals surface area contributed by atoms with Crippen LogP contribution in [0.5, 0.6) is 0 Å². The van der Waals surface area contributed by atoms with E-state index in [9.17, 15) is 0 Å². The number of hydrogen-bond donors (Lipinski definition) is 0. The molecule has 0 fully saturated rings. The molecule has 0 aliphatic rings. The summed E-state index contributed by atoms with van der Waals surface area (Å²) >= 11 is 0. The minimum atomic E-state index is -1.53. The monoisotopic (exact) mass is 304 g/mol. The first-order valence-corrected chi connectivity index (χ1v) is 8.08. The van der Waals surface area contributed by atoms with Gasteiger partial charge in [0.2, 0.25) is 0 Å². The van der Waals surface area contributed by atoms with Crippen LogP contribution in [0.25, 0.3) is 0 Å². The quantitative estimate of drug-likeness (QED) is 0.547. The third-order valence-corrected chi connectivity index (χ3v) is 7.52. The average molecular weight is 306 g/mol. The summed E-state index contributed by atoms with van der Waals surface area (Å²) < 4.78 is 6.14. The molecule has 0 bridgehead atoms. The van der Waals surface area contributed by atoms with Crippen LogP contribution in [0.2, 0.25) is 18.1 Å². The Morgan fingerprint density at radius 3 is 1.93 bits per heavy atom. The molecule has 0 aliphatic heterocycles. The molecule has 1 atom stereocenters. The molecule has 0 aromatic carbocycles. The van der Waals surface area contributed by atoms with Gasteiger partial charge >= 0.3 is 23.1 Å². The van der Waals surface area contributed by atoms with E-state index < -0.39 is 8.32 Å². The Bertz CT molecular complexity index is 157. The van der Waals surface area contributed by atoms with Crippen LogP contribution < -0.4 is 17.0 Å². The summed E-state index contributed by atoms with van der Waals surface area (Å²) in [6, 6.07) is 0. The molecule has 0 saturated heterocycles. The molecule has 0 spiro atoms. The molecule has 0 saturated carbocycles. The fourth-order valence-electron chi connectivity index (χ4n) is 1.03. The van der Waals surface area contributed by atoms with E-state index in [1.807, 2.05) is 0 Å². The number of hydrogen-bond acceptors (Lipinski definition) is 1. The van der Waals surface area contributed by atoms with Crippen LogP contribution in [-0.4, -0.2) is 37.5 Å². The number of rotatable bonds is 4. The molecule has 0 rings (SSSR count). The normalized spacial score (nSPS) is 13.8. The minimum absolute atomic E-state index is 0. The largest absolute Gasteiger partial charge is 2.00 e. The van der Waals surface area contributed by atoms with E-state index in [0.717, 1.165) is 12.8 Å². The maximum atomic E-state index is 6.14. The van der Waals surface area contributed by atoms with Gasteiger partial charge in [-0.05, 0) is 25.1 Å². The van der Waals surface area contributed by atoms with Crippen LogP contribution in [0.1, 0.15) is 40.5 Å². The van der Waals surface area contributed by atoms with E-state index in [1.54, 1.807) is 0 Å². The first-order chi connectivity index (χ1) is 5.70. The van der Waals surface area contributed by atoms with Gasteiger partial charge in [0, 0.05) is 6.10 Å². The van der Waals surface area contributed by atoms with Gasteiger partial charge in [-0.25, -0.2) is 0 Å². The van der Waals surface area contributed by atoms with Crippen LogP contribution in [-0.2, 0) is 4.43 Å². The molecule has 0 aliphatic carbocycles. The summed E-state index contributed by atoms with van der Waals surface area (Å²) in [5.74, 6) is 0. The fourth-order valence-corrected chi connectivity index (χ4v) is 2.50. The van der Waals surface area contributed by atoms with Crippen LogP contribution in [0, 0.1) is 6.92 Å². The van der Waals surface area contributed by atoms with Crippen LogP contribution in [0.15, 0.2) is 0 Å². The molecule has 88 valence electrons. The van der Waals surface area contributed by atoms with E-state index in [4.69, 9.17) is 4.43 Å². The molecule has 4 heteroatoms. The molecule has 15 heavy (non-hydrogen) atoms. The van der Waals surface area contributed by atoms with Gasteiger partial charge in [0.15, 0.2) is 8.32 Å². The fraction of sp³-hybridized carbons (Fsp3) is 0.909. The van der Waals surface area contributed by atoms with Crippen molar-refractivity contribution in [2.24, 2.45) is 0 Å². The van der Waals surface area contributed by atoms with Crippen molar-refractivity contribution in [1.82, 2.24) is 0 Å². The van der Waals surface area contributed by atoms with E-state index in [0.29, 0.717) is 11.1 Å². The molecule has 0 N–H and O–H groups in total. The Kier molecular flexibility index (Phi) is 12.3. The first kappa shape index (κ1) is 21.7. The van der Waals surface area contributed by atoms with Gasteiger partial charge in [0.1, 0.15) is 0 Å². The van der Waals surface area contributed by atoms with Gasteiger partial charge in [-0.15, -0.1) is 0 Å². The zero-order valence-corrected chi connectivity index (χ0v) is 15.2. The van der Waals surface area contributed by atoms with Gasteiger partial charge in [0.05, 0.1) is 0 Å². The third kappa shape index (κ3) is 8.19. The Morgan fingerprint density at radius 1 is 1.27 bits per heavy atom. The Balaban J connectivity index is -0.000000720.